The number of rotatable bonds is 6. The Morgan fingerprint density at radius 2 is 2.20 bits per heavy atom. The smallest absolute Gasteiger partial charge is 0.264 e. The van der Waals surface area contributed by atoms with Gasteiger partial charge in [-0.05, 0) is 30.4 Å². The van der Waals surface area contributed by atoms with Crippen molar-refractivity contribution < 1.29 is 14.0 Å². The average molecular weight is 364 g/mol. The van der Waals surface area contributed by atoms with Crippen molar-refractivity contribution in [2.24, 2.45) is 0 Å². The molecular formula is C17H21FN4O2S. The number of carbonyl (C=O) groups is 2. The second-order valence-electron chi connectivity index (χ2n) is 6.41. The molecule has 3 heterocycles. The molecule has 1 aliphatic heterocycles. The van der Waals surface area contributed by atoms with E-state index in [-0.39, 0.29) is 37.9 Å². The van der Waals surface area contributed by atoms with Crippen LogP contribution in [0.25, 0.3) is 0 Å². The van der Waals surface area contributed by atoms with Gasteiger partial charge in [0, 0.05) is 11.3 Å². The molecule has 1 aliphatic rings. The Morgan fingerprint density at radius 3 is 2.84 bits per heavy atom. The van der Waals surface area contributed by atoms with E-state index in [1.165, 1.54) is 16.2 Å². The first kappa shape index (κ1) is 17.6. The molecule has 2 aromatic rings. The largest absolute Gasteiger partial charge is 0.352 e. The predicted octanol–water partition coefficient (Wildman–Crippen LogP) is 1.87. The minimum atomic E-state index is -1.56. The monoisotopic (exact) mass is 364 g/mol. The van der Waals surface area contributed by atoms with Crippen molar-refractivity contribution in [3.63, 3.8) is 0 Å². The lowest BCUT2D eigenvalue weighted by Crippen LogP contribution is -2.65. The number of thiophene rings is 1. The van der Waals surface area contributed by atoms with Crippen LogP contribution in [0.3, 0.4) is 0 Å². The molecule has 2 N–H and O–H groups in total. The summed E-state index contributed by atoms with van der Waals surface area (Å²) in [7, 11) is 0. The molecule has 0 spiro atoms. The number of H-pyrrole nitrogens is 1. The number of aromatic amines is 1. The summed E-state index contributed by atoms with van der Waals surface area (Å²) in [6, 6.07) is 1.93. The Morgan fingerprint density at radius 1 is 1.44 bits per heavy atom. The minimum absolute atomic E-state index is 0.0118. The molecule has 25 heavy (non-hydrogen) atoms. The van der Waals surface area contributed by atoms with Crippen LogP contribution in [0.5, 0.6) is 0 Å². The molecule has 0 bridgehead atoms. The predicted molar refractivity (Wildman–Crippen MR) is 93.5 cm³/mol. The van der Waals surface area contributed by atoms with Crippen LogP contribution >= 0.6 is 11.3 Å². The van der Waals surface area contributed by atoms with Crippen LogP contribution < -0.4 is 5.32 Å². The van der Waals surface area contributed by atoms with Gasteiger partial charge in [-0.15, -0.1) is 11.3 Å². The molecular weight excluding hydrogens is 343 g/mol. The number of hydrogen-bond acceptors (Lipinski definition) is 4. The maximum atomic E-state index is 14.6. The molecule has 2 amide bonds. The Bertz CT molecular complexity index is 779. The Labute approximate surface area is 149 Å². The molecule has 1 saturated heterocycles. The standard InChI is InChI=1S/C17H21FN4O2S/c1-3-12-4-5-25-15(12)16(24)22-9-17(18,10-22)8-19-14(23)6-13-7-20-21-11(13)2/h4-5,7H,3,6,8-10H2,1-2H3,(H,19,23)(H,20,21). The van der Waals surface area contributed by atoms with Gasteiger partial charge < -0.3 is 10.2 Å². The molecule has 3 rings (SSSR count). The molecule has 8 heteroatoms. The van der Waals surface area contributed by atoms with Crippen LogP contribution in [0.4, 0.5) is 4.39 Å². The van der Waals surface area contributed by atoms with Gasteiger partial charge in [-0.1, -0.05) is 6.92 Å². The topological polar surface area (TPSA) is 78.1 Å². The summed E-state index contributed by atoms with van der Waals surface area (Å²) in [5, 5.41) is 11.1. The zero-order chi connectivity index (χ0) is 18.0. The number of aryl methyl sites for hydroxylation is 2. The summed E-state index contributed by atoms with van der Waals surface area (Å²) < 4.78 is 14.6. The van der Waals surface area contributed by atoms with Gasteiger partial charge in [-0.3, -0.25) is 14.7 Å². The van der Waals surface area contributed by atoms with Crippen LogP contribution in [0.1, 0.15) is 33.4 Å². The highest BCUT2D eigenvalue weighted by Gasteiger charge is 2.46. The summed E-state index contributed by atoms with van der Waals surface area (Å²) >= 11 is 1.39. The van der Waals surface area contributed by atoms with Gasteiger partial charge in [0.15, 0.2) is 5.67 Å². The van der Waals surface area contributed by atoms with Crippen molar-refractivity contribution in [3.8, 4) is 0 Å². The summed E-state index contributed by atoms with van der Waals surface area (Å²) in [5.41, 5.74) is 1.06. The van der Waals surface area contributed by atoms with Gasteiger partial charge >= 0.3 is 0 Å². The minimum Gasteiger partial charge on any atom is -0.352 e. The van der Waals surface area contributed by atoms with Crippen molar-refractivity contribution in [1.29, 1.82) is 0 Å². The van der Waals surface area contributed by atoms with Crippen LogP contribution in [0, 0.1) is 6.92 Å². The average Bonchev–Trinajstić information content (AvgIpc) is 3.19. The molecule has 6 nitrogen and oxygen atoms in total. The van der Waals surface area contributed by atoms with E-state index in [1.807, 2.05) is 25.3 Å². The zero-order valence-electron chi connectivity index (χ0n) is 14.3. The van der Waals surface area contributed by atoms with Crippen molar-refractivity contribution in [1.82, 2.24) is 20.4 Å². The third-order valence-electron chi connectivity index (χ3n) is 4.45. The quantitative estimate of drug-likeness (QED) is 0.821. The second kappa shape index (κ2) is 6.95. The Balaban J connectivity index is 1.48. The van der Waals surface area contributed by atoms with Crippen LogP contribution in [-0.2, 0) is 17.6 Å². The third-order valence-corrected chi connectivity index (χ3v) is 5.39. The first-order chi connectivity index (χ1) is 11.9. The van der Waals surface area contributed by atoms with Gasteiger partial charge in [0.2, 0.25) is 5.91 Å². The lowest BCUT2D eigenvalue weighted by Gasteiger charge is -2.44. The summed E-state index contributed by atoms with van der Waals surface area (Å²) in [6.45, 7) is 3.76. The van der Waals surface area contributed by atoms with Crippen molar-refractivity contribution >= 4 is 23.2 Å². The van der Waals surface area contributed by atoms with Crippen molar-refractivity contribution in [2.75, 3.05) is 19.6 Å². The Hall–Kier alpha value is -2.22. The fraction of sp³-hybridized carbons (Fsp3) is 0.471. The molecule has 0 atom stereocenters. The fourth-order valence-corrected chi connectivity index (χ4v) is 3.85. The molecule has 0 saturated carbocycles. The van der Waals surface area contributed by atoms with Gasteiger partial charge in [0.25, 0.3) is 5.91 Å². The lowest BCUT2D eigenvalue weighted by molar-refractivity contribution is -0.122. The van der Waals surface area contributed by atoms with Crippen LogP contribution in [-0.4, -0.2) is 52.2 Å². The number of aromatic nitrogens is 2. The number of hydrogen-bond donors (Lipinski definition) is 2. The van der Waals surface area contributed by atoms with E-state index in [9.17, 15) is 14.0 Å². The van der Waals surface area contributed by atoms with Gasteiger partial charge in [-0.2, -0.15) is 5.10 Å². The Kier molecular flexibility index (Phi) is 4.89. The van der Waals surface area contributed by atoms with E-state index >= 15 is 0 Å². The summed E-state index contributed by atoms with van der Waals surface area (Å²) in [6.07, 6.45) is 2.54. The number of alkyl halides is 1. The molecule has 134 valence electrons. The molecule has 1 fully saturated rings. The molecule has 2 aromatic heterocycles. The SMILES string of the molecule is CCc1ccsc1C(=O)N1CC(F)(CNC(=O)Cc2cn[nH]c2C)C1. The normalized spacial score (nSPS) is 15.7. The third kappa shape index (κ3) is 3.73. The number of halogens is 1. The molecule has 0 radical (unpaired) electrons. The number of carbonyl (C=O) groups excluding carboxylic acids is 2. The zero-order valence-corrected chi connectivity index (χ0v) is 15.1. The first-order valence-electron chi connectivity index (χ1n) is 8.22. The number of nitrogens with one attached hydrogen (secondary N) is 2. The van der Waals surface area contributed by atoms with Crippen LogP contribution in [0.2, 0.25) is 0 Å². The highest BCUT2D eigenvalue weighted by molar-refractivity contribution is 7.12. The van der Waals surface area contributed by atoms with E-state index < -0.39 is 5.67 Å². The van der Waals surface area contributed by atoms with Crippen LogP contribution in [0.15, 0.2) is 17.6 Å². The highest BCUT2D eigenvalue weighted by Crippen LogP contribution is 2.29. The van der Waals surface area contributed by atoms with E-state index in [0.29, 0.717) is 4.88 Å². The van der Waals surface area contributed by atoms with Gasteiger partial charge in [-0.25, -0.2) is 4.39 Å². The van der Waals surface area contributed by atoms with Gasteiger partial charge in [0.1, 0.15) is 0 Å². The summed E-state index contributed by atoms with van der Waals surface area (Å²) in [4.78, 5) is 26.5. The molecule has 0 unspecified atom stereocenters. The maximum Gasteiger partial charge on any atom is 0.264 e. The number of nitrogens with zero attached hydrogens (tertiary/aromatic N) is 2. The molecule has 0 aromatic carbocycles. The lowest BCUT2D eigenvalue weighted by atomic mass is 9.95. The number of amides is 2. The van der Waals surface area contributed by atoms with Gasteiger partial charge in [0.05, 0.1) is 37.1 Å². The second-order valence-corrected chi connectivity index (χ2v) is 7.33. The maximum absolute atomic E-state index is 14.6. The van der Waals surface area contributed by atoms with E-state index in [0.717, 1.165) is 23.2 Å². The van der Waals surface area contributed by atoms with Crippen molar-refractivity contribution in [2.45, 2.75) is 32.4 Å². The van der Waals surface area contributed by atoms with E-state index in [2.05, 4.69) is 15.5 Å². The fourth-order valence-electron chi connectivity index (χ4n) is 2.88. The molecule has 0 aliphatic carbocycles. The first-order valence-corrected chi connectivity index (χ1v) is 9.10. The van der Waals surface area contributed by atoms with Crippen molar-refractivity contribution in [3.05, 3.63) is 39.3 Å². The summed E-state index contributed by atoms with van der Waals surface area (Å²) in [5.74, 6) is -0.377. The van der Waals surface area contributed by atoms with E-state index in [1.54, 1.807) is 6.20 Å². The number of likely N-dealkylation sites (tertiary alicyclic amines) is 1. The van der Waals surface area contributed by atoms with E-state index in [4.69, 9.17) is 0 Å². The highest BCUT2D eigenvalue weighted by atomic mass is 32.1.